The lowest BCUT2D eigenvalue weighted by Gasteiger charge is -2.22. The minimum Gasteiger partial charge on any atom is -0.455 e. The Kier molecular flexibility index (Phi) is 5.18. The lowest BCUT2D eigenvalue weighted by Crippen LogP contribution is -2.13. The number of para-hydroxylation sites is 1. The molecule has 0 N–H and O–H groups in total. The molecular weight excluding hydrogens is 480 g/mol. The van der Waals surface area contributed by atoms with Crippen LogP contribution in [0.3, 0.4) is 0 Å². The zero-order valence-electron chi connectivity index (χ0n) is 22.0. The van der Waals surface area contributed by atoms with Gasteiger partial charge in [0.1, 0.15) is 24.8 Å². The molecule has 7 aromatic rings. The molecule has 0 saturated carbocycles. The average Bonchev–Trinajstić information content (AvgIpc) is 3.33. The fourth-order valence-corrected chi connectivity index (χ4v) is 5.75. The summed E-state index contributed by atoms with van der Waals surface area (Å²) in [4.78, 5) is 4.53. The summed E-state index contributed by atoms with van der Waals surface area (Å²) < 4.78 is 22.6. The third-order valence-electron chi connectivity index (χ3n) is 7.74. The van der Waals surface area contributed by atoms with E-state index in [1.54, 1.807) is 12.3 Å². The first-order valence-electron chi connectivity index (χ1n) is 13.1. The number of pyridine rings is 1. The molecule has 0 atom stereocenters. The molecule has 186 valence electrons. The summed E-state index contributed by atoms with van der Waals surface area (Å²) in [5.74, 6) is -0.371. The van der Waals surface area contributed by atoms with Crippen molar-refractivity contribution in [3.63, 3.8) is 0 Å². The number of furan rings is 1. The average molecular weight is 505 g/mol. The number of rotatable bonds is 2. The van der Waals surface area contributed by atoms with Gasteiger partial charge in [-0.2, -0.15) is 0 Å². The molecule has 0 aliphatic rings. The van der Waals surface area contributed by atoms with Crippen LogP contribution in [-0.4, -0.2) is 12.8 Å². The molecule has 0 bridgehead atoms. The zero-order chi connectivity index (χ0) is 26.9. The molecule has 2 aromatic heterocycles. The van der Waals surface area contributed by atoms with E-state index in [0.29, 0.717) is 27.8 Å². The van der Waals surface area contributed by atoms with Crippen molar-refractivity contribution in [2.45, 2.75) is 26.2 Å². The Morgan fingerprint density at radius 1 is 0.667 bits per heavy atom. The van der Waals surface area contributed by atoms with Gasteiger partial charge in [0, 0.05) is 22.5 Å². The number of aromatic nitrogens is 1. The Balaban J connectivity index is 1.63. The Morgan fingerprint density at radius 3 is 2.15 bits per heavy atom. The molecule has 0 unspecified atom stereocenters. The van der Waals surface area contributed by atoms with Gasteiger partial charge >= 0.3 is 0 Å². The number of hydrogen-bond donors (Lipinski definition) is 0. The SMILES string of the molecule is [B]c1c(-c2c(F)ccc3c2oc2c(-c4ccccn4)cccc23)c2ccc(C(C)(C)C)cc2c2ccccc12. The van der Waals surface area contributed by atoms with Crippen LogP contribution in [0.1, 0.15) is 26.3 Å². The zero-order valence-corrected chi connectivity index (χ0v) is 22.0. The van der Waals surface area contributed by atoms with Gasteiger partial charge in [-0.25, -0.2) is 4.39 Å². The molecule has 2 heterocycles. The minimum atomic E-state index is -0.371. The number of halogens is 1. The standard InChI is InChI=1S/C35H25BFNO/c1-35(2,3)20-14-15-22-27(19-20)21-9-4-5-10-23(21)32(36)30(22)31-28(37)17-16-25-24-11-8-12-26(33(24)39-34(25)31)29-13-6-7-18-38-29/h4-19H,1-3H3. The normalized spacial score (nSPS) is 12.2. The fourth-order valence-electron chi connectivity index (χ4n) is 5.75. The van der Waals surface area contributed by atoms with Crippen molar-refractivity contribution in [1.29, 1.82) is 0 Å². The van der Waals surface area contributed by atoms with E-state index in [-0.39, 0.29) is 11.2 Å². The van der Waals surface area contributed by atoms with E-state index in [2.05, 4.69) is 50.0 Å². The van der Waals surface area contributed by atoms with Crippen LogP contribution in [0.2, 0.25) is 0 Å². The van der Waals surface area contributed by atoms with Crippen molar-refractivity contribution >= 4 is 56.8 Å². The van der Waals surface area contributed by atoms with Crippen molar-refractivity contribution in [2.75, 3.05) is 0 Å². The summed E-state index contributed by atoms with van der Waals surface area (Å²) in [6.07, 6.45) is 1.76. The predicted octanol–water partition coefficient (Wildman–Crippen LogP) is 8.85. The van der Waals surface area contributed by atoms with Crippen LogP contribution in [0, 0.1) is 5.82 Å². The predicted molar refractivity (Wildman–Crippen MR) is 161 cm³/mol. The fraction of sp³-hybridized carbons (Fsp3) is 0.114. The van der Waals surface area contributed by atoms with Crippen LogP contribution in [0.5, 0.6) is 0 Å². The summed E-state index contributed by atoms with van der Waals surface area (Å²) in [5, 5.41) is 5.64. The highest BCUT2D eigenvalue weighted by Gasteiger charge is 2.24. The third kappa shape index (κ3) is 3.59. The van der Waals surface area contributed by atoms with Crippen LogP contribution in [0.25, 0.3) is 65.9 Å². The van der Waals surface area contributed by atoms with Gasteiger partial charge in [0.05, 0.1) is 11.3 Å². The first kappa shape index (κ1) is 23.7. The second kappa shape index (κ2) is 8.54. The van der Waals surface area contributed by atoms with Crippen molar-refractivity contribution in [1.82, 2.24) is 4.98 Å². The maximum atomic E-state index is 16.0. The van der Waals surface area contributed by atoms with Crippen molar-refractivity contribution in [3.05, 3.63) is 109 Å². The quantitative estimate of drug-likeness (QED) is 0.173. The Hall–Kier alpha value is -4.44. The first-order valence-corrected chi connectivity index (χ1v) is 13.1. The summed E-state index contributed by atoms with van der Waals surface area (Å²) in [6, 6.07) is 29.6. The smallest absolute Gasteiger partial charge is 0.146 e. The van der Waals surface area contributed by atoms with Gasteiger partial charge in [0.15, 0.2) is 0 Å². The van der Waals surface area contributed by atoms with Crippen LogP contribution in [-0.2, 0) is 5.41 Å². The van der Waals surface area contributed by atoms with E-state index < -0.39 is 0 Å². The Bertz CT molecular complexity index is 2070. The van der Waals surface area contributed by atoms with Crippen molar-refractivity contribution < 1.29 is 8.81 Å². The molecule has 0 fully saturated rings. The van der Waals surface area contributed by atoms with Gasteiger partial charge in [-0.3, -0.25) is 4.98 Å². The molecule has 7 rings (SSSR count). The summed E-state index contributed by atoms with van der Waals surface area (Å²) in [5.41, 5.74) is 5.57. The number of hydrogen-bond acceptors (Lipinski definition) is 2. The van der Waals surface area contributed by atoms with Crippen LogP contribution in [0.15, 0.2) is 102 Å². The van der Waals surface area contributed by atoms with Gasteiger partial charge in [-0.15, -0.1) is 0 Å². The molecular formula is C35H25BFNO. The number of benzene rings is 5. The molecule has 2 nitrogen and oxygen atoms in total. The van der Waals surface area contributed by atoms with E-state index in [0.717, 1.165) is 43.6 Å². The minimum absolute atomic E-state index is 0.0390. The maximum Gasteiger partial charge on any atom is 0.146 e. The monoisotopic (exact) mass is 505 g/mol. The molecule has 0 aliphatic heterocycles. The second-order valence-corrected chi connectivity index (χ2v) is 11.1. The maximum absolute atomic E-state index is 16.0. The van der Waals surface area contributed by atoms with E-state index in [4.69, 9.17) is 12.3 Å². The number of fused-ring (bicyclic) bond motifs is 6. The van der Waals surface area contributed by atoms with Crippen LogP contribution in [0.4, 0.5) is 4.39 Å². The highest BCUT2D eigenvalue weighted by Crippen LogP contribution is 2.43. The number of nitrogens with zero attached hydrogens (tertiary/aromatic N) is 1. The lowest BCUT2D eigenvalue weighted by atomic mass is 9.77. The van der Waals surface area contributed by atoms with E-state index in [1.807, 2.05) is 54.6 Å². The van der Waals surface area contributed by atoms with Gasteiger partial charge < -0.3 is 4.42 Å². The van der Waals surface area contributed by atoms with Gasteiger partial charge in [0.2, 0.25) is 0 Å². The van der Waals surface area contributed by atoms with Crippen LogP contribution < -0.4 is 5.46 Å². The molecule has 0 aliphatic carbocycles. The summed E-state index contributed by atoms with van der Waals surface area (Å²) in [7, 11) is 6.90. The molecule has 2 radical (unpaired) electrons. The molecule has 4 heteroatoms. The Morgan fingerprint density at radius 2 is 1.38 bits per heavy atom. The summed E-state index contributed by atoms with van der Waals surface area (Å²) >= 11 is 0. The lowest BCUT2D eigenvalue weighted by molar-refractivity contribution is 0.591. The van der Waals surface area contributed by atoms with Crippen LogP contribution >= 0.6 is 0 Å². The molecule has 0 spiro atoms. The second-order valence-electron chi connectivity index (χ2n) is 11.1. The van der Waals surface area contributed by atoms with E-state index >= 15 is 4.39 Å². The van der Waals surface area contributed by atoms with E-state index in [1.165, 1.54) is 11.6 Å². The highest BCUT2D eigenvalue weighted by atomic mass is 19.1. The van der Waals surface area contributed by atoms with Crippen molar-refractivity contribution in [2.24, 2.45) is 0 Å². The molecule has 0 amide bonds. The first-order chi connectivity index (χ1) is 18.8. The third-order valence-corrected chi connectivity index (χ3v) is 7.74. The highest BCUT2D eigenvalue weighted by molar-refractivity contribution is 6.46. The molecule has 39 heavy (non-hydrogen) atoms. The largest absolute Gasteiger partial charge is 0.455 e. The van der Waals surface area contributed by atoms with Crippen molar-refractivity contribution in [3.8, 4) is 22.4 Å². The topological polar surface area (TPSA) is 26.0 Å². The van der Waals surface area contributed by atoms with E-state index in [9.17, 15) is 0 Å². The Labute approximate surface area is 227 Å². The molecule has 0 saturated heterocycles. The van der Waals surface area contributed by atoms with Gasteiger partial charge in [-0.05, 0) is 74.5 Å². The molecule has 5 aromatic carbocycles. The van der Waals surface area contributed by atoms with Gasteiger partial charge in [-0.1, -0.05) is 80.8 Å². The van der Waals surface area contributed by atoms with Gasteiger partial charge in [0.25, 0.3) is 0 Å². The summed E-state index contributed by atoms with van der Waals surface area (Å²) in [6.45, 7) is 6.59.